The molecule has 1 aromatic heterocycles. The standard InChI is InChI=1S/C11H19NO2/c1-9(6-8-13-3)12-10(2)11-5-4-7-14-11/h4-5,7,9-10,12H,6,8H2,1-3H3/t9?,10-/m0/s1. The molecule has 0 saturated heterocycles. The van der Waals surface area contributed by atoms with Gasteiger partial charge in [0.1, 0.15) is 5.76 Å². The van der Waals surface area contributed by atoms with Crippen molar-refractivity contribution in [3.05, 3.63) is 24.2 Å². The zero-order valence-electron chi connectivity index (χ0n) is 9.12. The Kier molecular flexibility index (Phi) is 4.70. The first-order valence-electron chi connectivity index (χ1n) is 5.02. The maximum absolute atomic E-state index is 5.31. The van der Waals surface area contributed by atoms with E-state index in [4.69, 9.17) is 9.15 Å². The van der Waals surface area contributed by atoms with Gasteiger partial charge in [-0.1, -0.05) is 0 Å². The van der Waals surface area contributed by atoms with Crippen LogP contribution in [-0.4, -0.2) is 19.8 Å². The normalized spacial score (nSPS) is 15.4. The van der Waals surface area contributed by atoms with Gasteiger partial charge in [0.15, 0.2) is 0 Å². The van der Waals surface area contributed by atoms with Crippen LogP contribution in [0.1, 0.15) is 32.1 Å². The molecule has 1 N–H and O–H groups in total. The van der Waals surface area contributed by atoms with Gasteiger partial charge in [0.25, 0.3) is 0 Å². The molecule has 3 nitrogen and oxygen atoms in total. The summed E-state index contributed by atoms with van der Waals surface area (Å²) in [5.74, 6) is 0.981. The quantitative estimate of drug-likeness (QED) is 0.760. The molecule has 80 valence electrons. The van der Waals surface area contributed by atoms with E-state index < -0.39 is 0 Å². The molecule has 0 aromatic carbocycles. The molecule has 0 bridgehead atoms. The van der Waals surface area contributed by atoms with Crippen molar-refractivity contribution in [2.75, 3.05) is 13.7 Å². The van der Waals surface area contributed by atoms with Crippen LogP contribution in [-0.2, 0) is 4.74 Å². The smallest absolute Gasteiger partial charge is 0.120 e. The van der Waals surface area contributed by atoms with Gasteiger partial charge in [-0.05, 0) is 32.4 Å². The maximum atomic E-state index is 5.31. The predicted molar refractivity (Wildman–Crippen MR) is 56.2 cm³/mol. The SMILES string of the molecule is COCCC(C)N[C@@H](C)c1ccco1. The summed E-state index contributed by atoms with van der Waals surface area (Å²) >= 11 is 0. The number of nitrogens with one attached hydrogen (secondary N) is 1. The molecule has 0 saturated carbocycles. The number of hydrogen-bond donors (Lipinski definition) is 1. The summed E-state index contributed by atoms with van der Waals surface area (Å²) in [6.07, 6.45) is 2.72. The Balaban J connectivity index is 2.29. The minimum atomic E-state index is 0.261. The molecule has 1 rings (SSSR count). The molecule has 0 amide bonds. The lowest BCUT2D eigenvalue weighted by molar-refractivity contribution is 0.182. The average molecular weight is 197 g/mol. The molecule has 0 radical (unpaired) electrons. The van der Waals surface area contributed by atoms with Crippen LogP contribution in [0.2, 0.25) is 0 Å². The Morgan fingerprint density at radius 3 is 2.86 bits per heavy atom. The number of methoxy groups -OCH3 is 1. The van der Waals surface area contributed by atoms with Crippen LogP contribution in [0.25, 0.3) is 0 Å². The minimum Gasteiger partial charge on any atom is -0.468 e. The molecule has 0 aliphatic carbocycles. The molecule has 1 heterocycles. The second kappa shape index (κ2) is 5.83. The van der Waals surface area contributed by atoms with Crippen LogP contribution >= 0.6 is 0 Å². The van der Waals surface area contributed by atoms with Crippen molar-refractivity contribution in [1.82, 2.24) is 5.32 Å². The van der Waals surface area contributed by atoms with E-state index in [1.807, 2.05) is 12.1 Å². The van der Waals surface area contributed by atoms with Crippen molar-refractivity contribution in [2.24, 2.45) is 0 Å². The highest BCUT2D eigenvalue weighted by Crippen LogP contribution is 2.13. The van der Waals surface area contributed by atoms with Crippen molar-refractivity contribution in [3.8, 4) is 0 Å². The first-order chi connectivity index (χ1) is 6.74. The topological polar surface area (TPSA) is 34.4 Å². The monoisotopic (exact) mass is 197 g/mol. The van der Waals surface area contributed by atoms with Gasteiger partial charge in [0.05, 0.1) is 12.3 Å². The van der Waals surface area contributed by atoms with E-state index in [-0.39, 0.29) is 6.04 Å². The highest BCUT2D eigenvalue weighted by atomic mass is 16.5. The Morgan fingerprint density at radius 2 is 2.29 bits per heavy atom. The number of ether oxygens (including phenoxy) is 1. The molecule has 2 atom stereocenters. The molecule has 0 fully saturated rings. The fraction of sp³-hybridized carbons (Fsp3) is 0.636. The van der Waals surface area contributed by atoms with E-state index in [0.29, 0.717) is 6.04 Å². The van der Waals surface area contributed by atoms with Crippen molar-refractivity contribution >= 4 is 0 Å². The zero-order valence-corrected chi connectivity index (χ0v) is 9.12. The Labute approximate surface area is 85.4 Å². The van der Waals surface area contributed by atoms with Gasteiger partial charge >= 0.3 is 0 Å². The second-order valence-corrected chi connectivity index (χ2v) is 3.59. The minimum absolute atomic E-state index is 0.261. The van der Waals surface area contributed by atoms with Crippen LogP contribution in [0.4, 0.5) is 0 Å². The maximum Gasteiger partial charge on any atom is 0.120 e. The largest absolute Gasteiger partial charge is 0.468 e. The van der Waals surface area contributed by atoms with Gasteiger partial charge in [-0.15, -0.1) is 0 Å². The van der Waals surface area contributed by atoms with E-state index >= 15 is 0 Å². The van der Waals surface area contributed by atoms with Crippen molar-refractivity contribution in [3.63, 3.8) is 0 Å². The Morgan fingerprint density at radius 1 is 1.50 bits per heavy atom. The van der Waals surface area contributed by atoms with E-state index in [1.165, 1.54) is 0 Å². The van der Waals surface area contributed by atoms with Crippen LogP contribution in [0.5, 0.6) is 0 Å². The van der Waals surface area contributed by atoms with Gasteiger partial charge in [-0.25, -0.2) is 0 Å². The lowest BCUT2D eigenvalue weighted by Gasteiger charge is -2.17. The Bertz CT molecular complexity index is 233. The highest BCUT2D eigenvalue weighted by molar-refractivity contribution is 5.03. The first kappa shape index (κ1) is 11.3. The van der Waals surface area contributed by atoms with Gasteiger partial charge in [-0.2, -0.15) is 0 Å². The van der Waals surface area contributed by atoms with E-state index in [0.717, 1.165) is 18.8 Å². The summed E-state index contributed by atoms with van der Waals surface area (Å²) in [5.41, 5.74) is 0. The number of hydrogen-bond acceptors (Lipinski definition) is 3. The van der Waals surface area contributed by atoms with Gasteiger partial charge in [0.2, 0.25) is 0 Å². The van der Waals surface area contributed by atoms with E-state index in [9.17, 15) is 0 Å². The summed E-state index contributed by atoms with van der Waals surface area (Å²) in [7, 11) is 1.72. The van der Waals surface area contributed by atoms with Gasteiger partial charge in [0, 0.05) is 19.8 Å². The molecule has 3 heteroatoms. The van der Waals surface area contributed by atoms with Crippen LogP contribution < -0.4 is 5.32 Å². The molecule has 0 aliphatic heterocycles. The fourth-order valence-electron chi connectivity index (χ4n) is 1.42. The lowest BCUT2D eigenvalue weighted by atomic mass is 10.2. The third-order valence-electron chi connectivity index (χ3n) is 2.26. The van der Waals surface area contributed by atoms with E-state index in [2.05, 4.69) is 19.2 Å². The Hall–Kier alpha value is -0.800. The van der Waals surface area contributed by atoms with Crippen LogP contribution in [0.15, 0.2) is 22.8 Å². The molecule has 0 aliphatic rings. The molecule has 14 heavy (non-hydrogen) atoms. The summed E-state index contributed by atoms with van der Waals surface area (Å²) < 4.78 is 10.3. The predicted octanol–water partition coefficient (Wildman–Crippen LogP) is 2.36. The third kappa shape index (κ3) is 3.52. The molecular weight excluding hydrogens is 178 g/mol. The van der Waals surface area contributed by atoms with Gasteiger partial charge < -0.3 is 14.5 Å². The molecule has 1 unspecified atom stereocenters. The average Bonchev–Trinajstić information content (AvgIpc) is 2.67. The zero-order chi connectivity index (χ0) is 10.4. The lowest BCUT2D eigenvalue weighted by Crippen LogP contribution is -2.29. The van der Waals surface area contributed by atoms with Crippen LogP contribution in [0.3, 0.4) is 0 Å². The summed E-state index contributed by atoms with van der Waals surface area (Å²) in [6, 6.07) is 4.60. The van der Waals surface area contributed by atoms with Crippen LogP contribution in [0, 0.1) is 0 Å². The van der Waals surface area contributed by atoms with Gasteiger partial charge in [-0.3, -0.25) is 0 Å². The molecule has 0 spiro atoms. The van der Waals surface area contributed by atoms with Crippen molar-refractivity contribution in [1.29, 1.82) is 0 Å². The summed E-state index contributed by atoms with van der Waals surface area (Å²) in [5, 5.41) is 3.44. The highest BCUT2D eigenvalue weighted by Gasteiger charge is 2.10. The molecule has 1 aromatic rings. The van der Waals surface area contributed by atoms with E-state index in [1.54, 1.807) is 13.4 Å². The molecular formula is C11H19NO2. The summed E-state index contributed by atoms with van der Waals surface area (Å²) in [4.78, 5) is 0. The van der Waals surface area contributed by atoms with Crippen molar-refractivity contribution < 1.29 is 9.15 Å². The number of rotatable bonds is 6. The number of furan rings is 1. The second-order valence-electron chi connectivity index (χ2n) is 3.59. The first-order valence-corrected chi connectivity index (χ1v) is 5.02. The van der Waals surface area contributed by atoms with Crippen molar-refractivity contribution in [2.45, 2.75) is 32.4 Å². The fourth-order valence-corrected chi connectivity index (χ4v) is 1.42. The summed E-state index contributed by atoms with van der Waals surface area (Å²) in [6.45, 7) is 5.04. The third-order valence-corrected chi connectivity index (χ3v) is 2.26.